The number of rotatable bonds is 5. The molecule has 100 valence electrons. The second-order valence-electron chi connectivity index (χ2n) is 4.03. The molecule has 1 rings (SSSR count). The highest BCUT2D eigenvalue weighted by Gasteiger charge is 2.05. The number of aromatic nitrogens is 2. The third-order valence-electron chi connectivity index (χ3n) is 2.29. The summed E-state index contributed by atoms with van der Waals surface area (Å²) in [6, 6.07) is -0.115. The number of nitrogens with one attached hydrogen (secondary N) is 1. The maximum atomic E-state index is 11.5. The number of azide groups is 1. The predicted molar refractivity (Wildman–Crippen MR) is 69.8 cm³/mol. The molecule has 0 atom stereocenters. The number of hydrogen-bond acceptors (Lipinski definition) is 4. The minimum absolute atomic E-state index is 0.115. The van der Waals surface area contributed by atoms with Crippen LogP contribution in [0, 0.1) is 0 Å². The fraction of sp³-hybridized carbons (Fsp3) is 0.364. The second kappa shape index (κ2) is 6.36. The molecule has 0 unspecified atom stereocenters. The third kappa shape index (κ3) is 3.97. The molecule has 8 heteroatoms. The number of H-pyrrole nitrogens is 1. The van der Waals surface area contributed by atoms with Crippen LogP contribution < -0.4 is 11.2 Å². The zero-order valence-electron chi connectivity index (χ0n) is 10.5. The van der Waals surface area contributed by atoms with Crippen LogP contribution in [0.5, 0.6) is 0 Å². The lowest BCUT2D eigenvalue weighted by molar-refractivity contribution is -0.113. The Balaban J connectivity index is 3.08. The first-order chi connectivity index (χ1) is 8.95. The molecule has 1 N–H and O–H groups in total. The second-order valence-corrected chi connectivity index (χ2v) is 4.03. The topological polar surface area (TPSA) is 121 Å². The molecule has 0 spiro atoms. The van der Waals surface area contributed by atoms with Crippen LogP contribution in [-0.2, 0) is 4.79 Å². The Morgan fingerprint density at radius 3 is 2.84 bits per heavy atom. The van der Waals surface area contributed by atoms with Crippen LogP contribution in [0.15, 0.2) is 27.0 Å². The summed E-state index contributed by atoms with van der Waals surface area (Å²) in [5.41, 5.74) is 7.17. The number of nitrogens with zero attached hydrogens (tertiary/aromatic N) is 4. The molecule has 0 amide bonds. The van der Waals surface area contributed by atoms with E-state index in [1.807, 2.05) is 0 Å². The summed E-state index contributed by atoms with van der Waals surface area (Å²) in [5.74, 6) is -0.431. The molecule has 0 aliphatic heterocycles. The highest BCUT2D eigenvalue weighted by molar-refractivity contribution is 5.95. The van der Waals surface area contributed by atoms with Crippen LogP contribution in [0.1, 0.15) is 25.5 Å². The molecule has 0 radical (unpaired) electrons. The van der Waals surface area contributed by atoms with Crippen LogP contribution >= 0.6 is 0 Å². The van der Waals surface area contributed by atoms with Crippen molar-refractivity contribution in [3.05, 3.63) is 49.1 Å². The van der Waals surface area contributed by atoms with Crippen molar-refractivity contribution in [2.45, 2.75) is 19.9 Å². The lowest BCUT2D eigenvalue weighted by Gasteiger charge is -2.08. The Labute approximate surface area is 108 Å². The predicted octanol–water partition coefficient (Wildman–Crippen LogP) is 1.01. The summed E-state index contributed by atoms with van der Waals surface area (Å²) in [6.07, 6.45) is 3.80. The molecule has 0 aliphatic carbocycles. The first kappa shape index (κ1) is 14.5. The van der Waals surface area contributed by atoms with Crippen molar-refractivity contribution in [2.24, 2.45) is 5.11 Å². The van der Waals surface area contributed by atoms with Crippen LogP contribution in [0.25, 0.3) is 16.5 Å². The summed E-state index contributed by atoms with van der Waals surface area (Å²) in [6.45, 7) is 3.27. The Morgan fingerprint density at radius 2 is 2.26 bits per heavy atom. The average Bonchev–Trinajstić information content (AvgIpc) is 2.34. The van der Waals surface area contributed by atoms with Crippen molar-refractivity contribution in [1.29, 1.82) is 0 Å². The number of aromatic amines is 1. The molecule has 0 saturated heterocycles. The Bertz CT molecular complexity index is 662. The van der Waals surface area contributed by atoms with Gasteiger partial charge in [0.25, 0.3) is 5.56 Å². The van der Waals surface area contributed by atoms with Gasteiger partial charge >= 0.3 is 5.69 Å². The summed E-state index contributed by atoms with van der Waals surface area (Å²) in [7, 11) is 0. The summed E-state index contributed by atoms with van der Waals surface area (Å²) in [5, 5.41) is 3.10. The molecule has 0 saturated carbocycles. The summed E-state index contributed by atoms with van der Waals surface area (Å²) in [4.78, 5) is 38.9. The van der Waals surface area contributed by atoms with E-state index in [0.29, 0.717) is 0 Å². The SMILES string of the molecule is CC(C)n1cc(/C=C/C(=O)CN=[N+]=[N-])c(=O)[nH]c1=O. The van der Waals surface area contributed by atoms with Crippen molar-refractivity contribution in [3.8, 4) is 0 Å². The molecule has 0 fully saturated rings. The zero-order valence-corrected chi connectivity index (χ0v) is 10.5. The van der Waals surface area contributed by atoms with Crippen molar-refractivity contribution in [2.75, 3.05) is 6.54 Å². The Kier molecular flexibility index (Phi) is 4.84. The van der Waals surface area contributed by atoms with Crippen LogP contribution in [0.2, 0.25) is 0 Å². The van der Waals surface area contributed by atoms with E-state index in [1.54, 1.807) is 13.8 Å². The first-order valence-corrected chi connectivity index (χ1v) is 5.53. The molecular weight excluding hydrogens is 250 g/mol. The smallest absolute Gasteiger partial charge is 0.297 e. The molecule has 19 heavy (non-hydrogen) atoms. The standard InChI is InChI=1S/C11H13N5O3/c1-7(2)16-6-8(10(18)14-11(16)19)3-4-9(17)5-13-15-12/h3-4,6-7H,5H2,1-2H3,(H,14,18,19)/b4-3+. The van der Waals surface area contributed by atoms with Gasteiger partial charge in [0, 0.05) is 17.2 Å². The van der Waals surface area contributed by atoms with E-state index in [1.165, 1.54) is 16.8 Å². The molecule has 8 nitrogen and oxygen atoms in total. The molecule has 1 heterocycles. The maximum Gasteiger partial charge on any atom is 0.328 e. The minimum Gasteiger partial charge on any atom is -0.297 e. The summed E-state index contributed by atoms with van der Waals surface area (Å²) < 4.78 is 1.35. The van der Waals surface area contributed by atoms with Crippen LogP contribution in [-0.4, -0.2) is 21.9 Å². The zero-order chi connectivity index (χ0) is 14.4. The van der Waals surface area contributed by atoms with E-state index in [4.69, 9.17) is 5.53 Å². The van der Waals surface area contributed by atoms with E-state index in [0.717, 1.165) is 6.08 Å². The van der Waals surface area contributed by atoms with E-state index in [2.05, 4.69) is 15.0 Å². The third-order valence-corrected chi connectivity index (χ3v) is 2.29. The quantitative estimate of drug-likeness (QED) is 0.369. The fourth-order valence-electron chi connectivity index (χ4n) is 1.34. The van der Waals surface area contributed by atoms with Gasteiger partial charge in [-0.05, 0) is 31.5 Å². The number of ketones is 1. The van der Waals surface area contributed by atoms with Gasteiger partial charge in [-0.15, -0.1) is 0 Å². The van der Waals surface area contributed by atoms with Gasteiger partial charge in [-0.1, -0.05) is 5.11 Å². The molecule has 1 aromatic heterocycles. The van der Waals surface area contributed by atoms with E-state index in [9.17, 15) is 14.4 Å². The van der Waals surface area contributed by atoms with E-state index >= 15 is 0 Å². The van der Waals surface area contributed by atoms with Gasteiger partial charge in [-0.25, -0.2) is 4.79 Å². The maximum absolute atomic E-state index is 11.5. The Hall–Kier alpha value is -2.60. The Morgan fingerprint density at radius 1 is 1.58 bits per heavy atom. The lowest BCUT2D eigenvalue weighted by Crippen LogP contribution is -2.31. The van der Waals surface area contributed by atoms with Gasteiger partial charge in [-0.2, -0.15) is 0 Å². The van der Waals surface area contributed by atoms with Crippen LogP contribution in [0.3, 0.4) is 0 Å². The summed E-state index contributed by atoms with van der Waals surface area (Å²) >= 11 is 0. The largest absolute Gasteiger partial charge is 0.328 e. The van der Waals surface area contributed by atoms with Crippen molar-refractivity contribution in [1.82, 2.24) is 9.55 Å². The average molecular weight is 263 g/mol. The van der Waals surface area contributed by atoms with Crippen molar-refractivity contribution in [3.63, 3.8) is 0 Å². The van der Waals surface area contributed by atoms with E-state index < -0.39 is 17.0 Å². The van der Waals surface area contributed by atoms with Gasteiger partial charge < -0.3 is 0 Å². The van der Waals surface area contributed by atoms with Gasteiger partial charge in [0.15, 0.2) is 5.78 Å². The number of hydrogen-bond donors (Lipinski definition) is 1. The molecule has 1 aromatic rings. The minimum atomic E-state index is -0.574. The normalized spacial score (nSPS) is 10.7. The van der Waals surface area contributed by atoms with E-state index in [-0.39, 0.29) is 18.2 Å². The van der Waals surface area contributed by atoms with Gasteiger partial charge in [0.1, 0.15) is 0 Å². The molecular formula is C11H13N5O3. The van der Waals surface area contributed by atoms with Crippen molar-refractivity contribution < 1.29 is 4.79 Å². The monoisotopic (exact) mass is 263 g/mol. The molecule has 0 bridgehead atoms. The lowest BCUT2D eigenvalue weighted by atomic mass is 10.2. The number of carbonyl (C=O) groups is 1. The highest BCUT2D eigenvalue weighted by Crippen LogP contribution is 2.00. The first-order valence-electron chi connectivity index (χ1n) is 5.53. The fourth-order valence-corrected chi connectivity index (χ4v) is 1.34. The highest BCUT2D eigenvalue weighted by atomic mass is 16.2. The molecule has 0 aliphatic rings. The number of carbonyl (C=O) groups excluding carboxylic acids is 1. The van der Waals surface area contributed by atoms with Gasteiger partial charge in [-0.3, -0.25) is 19.1 Å². The molecule has 0 aromatic carbocycles. The van der Waals surface area contributed by atoms with Crippen LogP contribution in [0.4, 0.5) is 0 Å². The van der Waals surface area contributed by atoms with Gasteiger partial charge in [0.05, 0.1) is 12.1 Å². The van der Waals surface area contributed by atoms with Gasteiger partial charge in [0.2, 0.25) is 0 Å². The van der Waals surface area contributed by atoms with Crippen molar-refractivity contribution >= 4 is 11.9 Å².